The second kappa shape index (κ2) is 9.86. The number of rotatable bonds is 9. The van der Waals surface area contributed by atoms with Gasteiger partial charge in [0.2, 0.25) is 0 Å². The van der Waals surface area contributed by atoms with Crippen molar-refractivity contribution in [3.63, 3.8) is 0 Å². The smallest absolute Gasteiger partial charge is 0.316 e. The molecule has 0 bridgehead atoms. The highest BCUT2D eigenvalue weighted by atomic mass is 19.3. The zero-order valence-electron chi connectivity index (χ0n) is 15.2. The molecule has 1 aliphatic rings. The lowest BCUT2D eigenvalue weighted by atomic mass is 9.78. The van der Waals surface area contributed by atoms with Gasteiger partial charge in [-0.15, -0.1) is 0 Å². The van der Waals surface area contributed by atoms with E-state index >= 15 is 0 Å². The van der Waals surface area contributed by atoms with Gasteiger partial charge in [-0.3, -0.25) is 0 Å². The van der Waals surface area contributed by atoms with Gasteiger partial charge in [-0.25, -0.2) is 0 Å². The minimum Gasteiger partial charge on any atom is -0.316 e. The van der Waals surface area contributed by atoms with Crippen LogP contribution in [0, 0.1) is 11.8 Å². The van der Waals surface area contributed by atoms with Crippen molar-refractivity contribution < 1.29 is 13.5 Å². The molecular weight excluding hydrogens is 318 g/mol. The van der Waals surface area contributed by atoms with Crippen LogP contribution in [0.25, 0.3) is 6.08 Å². The Morgan fingerprint density at radius 3 is 2.36 bits per heavy atom. The van der Waals surface area contributed by atoms with Gasteiger partial charge in [0, 0.05) is 6.42 Å². The summed E-state index contributed by atoms with van der Waals surface area (Å²) in [5, 5.41) is 0. The first kappa shape index (κ1) is 19.8. The third-order valence-corrected chi connectivity index (χ3v) is 5.14. The maximum atomic E-state index is 14.1. The zero-order chi connectivity index (χ0) is 18.1. The summed E-state index contributed by atoms with van der Waals surface area (Å²) in [7, 11) is 0. The predicted octanol–water partition coefficient (Wildman–Crippen LogP) is 6.99. The molecule has 2 rings (SSSR count). The first-order valence-corrected chi connectivity index (χ1v) is 9.36. The Labute approximate surface area is 150 Å². The fourth-order valence-electron chi connectivity index (χ4n) is 3.56. The number of benzene rings is 1. The van der Waals surface area contributed by atoms with Crippen LogP contribution in [-0.2, 0) is 11.3 Å². The quantitative estimate of drug-likeness (QED) is 0.437. The van der Waals surface area contributed by atoms with Gasteiger partial charge in [-0.2, -0.15) is 8.78 Å². The highest BCUT2D eigenvalue weighted by molar-refractivity contribution is 5.47. The summed E-state index contributed by atoms with van der Waals surface area (Å²) in [5.41, 5.74) is 1.74. The number of alkyl halides is 2. The van der Waals surface area contributed by atoms with E-state index in [1.54, 1.807) is 6.08 Å². The van der Waals surface area contributed by atoms with E-state index in [9.17, 15) is 8.78 Å². The summed E-state index contributed by atoms with van der Waals surface area (Å²) in [6.07, 6.45) is 9.03. The average molecular weight is 348 g/mol. The minimum atomic E-state index is -3.04. The molecule has 0 unspecified atom stereocenters. The van der Waals surface area contributed by atoms with E-state index in [1.165, 1.54) is 6.42 Å². The van der Waals surface area contributed by atoms with Gasteiger partial charge in [0.15, 0.2) is 0 Å². The number of hydrogen-bond donors (Lipinski definition) is 0. The minimum absolute atomic E-state index is 0.0525. The lowest BCUT2D eigenvalue weighted by Crippen LogP contribution is -2.27. The summed E-state index contributed by atoms with van der Waals surface area (Å²) in [6.45, 7) is 5.66. The Balaban J connectivity index is 1.72. The summed E-state index contributed by atoms with van der Waals surface area (Å²) >= 11 is 0. The van der Waals surface area contributed by atoms with E-state index in [2.05, 4.69) is 18.7 Å². The van der Waals surface area contributed by atoms with Gasteiger partial charge in [0.25, 0.3) is 0 Å². The van der Waals surface area contributed by atoms with Crippen molar-refractivity contribution in [2.45, 2.75) is 64.6 Å². The molecule has 0 aromatic heterocycles. The molecule has 0 N–H and O–H groups in total. The SMILES string of the molecule is C=Cc1ccc(COC(F)(F)C[C@H]2CC[C@H](CC/C=C/C)CC2)cc1. The second-order valence-corrected chi connectivity index (χ2v) is 7.11. The van der Waals surface area contributed by atoms with E-state index in [0.717, 1.165) is 43.2 Å². The summed E-state index contributed by atoms with van der Waals surface area (Å²) in [4.78, 5) is 0. The molecule has 0 heterocycles. The number of hydrogen-bond acceptors (Lipinski definition) is 1. The molecule has 1 aromatic rings. The summed E-state index contributed by atoms with van der Waals surface area (Å²) in [6, 6.07) is 7.34. The summed E-state index contributed by atoms with van der Waals surface area (Å²) in [5.74, 6) is 0.779. The molecule has 0 spiro atoms. The van der Waals surface area contributed by atoms with Crippen LogP contribution in [0.15, 0.2) is 43.0 Å². The average Bonchev–Trinajstić information content (AvgIpc) is 2.62. The molecule has 0 saturated heterocycles. The Hall–Kier alpha value is -1.48. The maximum absolute atomic E-state index is 14.1. The highest BCUT2D eigenvalue weighted by Gasteiger charge is 2.35. The normalized spacial score (nSPS) is 21.6. The molecule has 0 radical (unpaired) electrons. The number of allylic oxidation sites excluding steroid dienone is 2. The second-order valence-electron chi connectivity index (χ2n) is 7.11. The highest BCUT2D eigenvalue weighted by Crippen LogP contribution is 2.38. The van der Waals surface area contributed by atoms with Crippen LogP contribution >= 0.6 is 0 Å². The number of ether oxygens (including phenoxy) is 1. The lowest BCUT2D eigenvalue weighted by Gasteiger charge is -2.30. The van der Waals surface area contributed by atoms with Crippen molar-refractivity contribution in [2.75, 3.05) is 0 Å². The first-order valence-electron chi connectivity index (χ1n) is 9.36. The van der Waals surface area contributed by atoms with Crippen LogP contribution in [0.4, 0.5) is 8.78 Å². The van der Waals surface area contributed by atoms with Crippen molar-refractivity contribution in [3.05, 3.63) is 54.1 Å². The molecule has 1 aliphatic carbocycles. The Morgan fingerprint density at radius 2 is 1.76 bits per heavy atom. The topological polar surface area (TPSA) is 9.23 Å². The first-order chi connectivity index (χ1) is 12.0. The lowest BCUT2D eigenvalue weighted by molar-refractivity contribution is -0.256. The zero-order valence-corrected chi connectivity index (χ0v) is 15.2. The maximum Gasteiger partial charge on any atom is 0.356 e. The molecule has 1 saturated carbocycles. The Morgan fingerprint density at radius 1 is 1.12 bits per heavy atom. The summed E-state index contributed by atoms with van der Waals surface area (Å²) < 4.78 is 33.2. The van der Waals surface area contributed by atoms with Gasteiger partial charge in [-0.1, -0.05) is 61.9 Å². The predicted molar refractivity (Wildman–Crippen MR) is 100 cm³/mol. The third-order valence-electron chi connectivity index (χ3n) is 5.14. The molecule has 3 heteroatoms. The fourth-order valence-corrected chi connectivity index (χ4v) is 3.56. The van der Waals surface area contributed by atoms with Crippen molar-refractivity contribution in [2.24, 2.45) is 11.8 Å². The van der Waals surface area contributed by atoms with E-state index in [0.29, 0.717) is 5.92 Å². The molecule has 25 heavy (non-hydrogen) atoms. The van der Waals surface area contributed by atoms with Gasteiger partial charge in [0.1, 0.15) is 0 Å². The van der Waals surface area contributed by atoms with Crippen LogP contribution in [0.2, 0.25) is 0 Å². The van der Waals surface area contributed by atoms with E-state index in [-0.39, 0.29) is 18.9 Å². The fraction of sp³-hybridized carbons (Fsp3) is 0.545. The molecule has 0 aliphatic heterocycles. The van der Waals surface area contributed by atoms with Crippen molar-refractivity contribution >= 4 is 6.08 Å². The van der Waals surface area contributed by atoms with Gasteiger partial charge in [0.05, 0.1) is 6.61 Å². The van der Waals surface area contributed by atoms with Crippen molar-refractivity contribution in [3.8, 4) is 0 Å². The standard InChI is InChI=1S/C22H30F2O/c1-3-5-6-7-19-10-12-20(13-11-19)16-22(23,24)25-17-21-14-8-18(4-2)9-15-21/h3-5,8-9,14-15,19-20H,2,6-7,10-13,16-17H2,1H3/b5-3+/t19-,20-. The van der Waals surface area contributed by atoms with Gasteiger partial charge in [-0.05, 0) is 55.6 Å². The van der Waals surface area contributed by atoms with Gasteiger partial charge >= 0.3 is 6.11 Å². The van der Waals surface area contributed by atoms with Crippen LogP contribution in [0.5, 0.6) is 0 Å². The van der Waals surface area contributed by atoms with Crippen LogP contribution in [-0.4, -0.2) is 6.11 Å². The van der Waals surface area contributed by atoms with Crippen LogP contribution in [0.1, 0.15) is 63.0 Å². The number of halogens is 2. The van der Waals surface area contributed by atoms with Crippen molar-refractivity contribution in [1.29, 1.82) is 0 Å². The van der Waals surface area contributed by atoms with E-state index in [1.807, 2.05) is 31.2 Å². The van der Waals surface area contributed by atoms with Crippen molar-refractivity contribution in [1.82, 2.24) is 0 Å². The largest absolute Gasteiger partial charge is 0.356 e. The molecule has 0 amide bonds. The van der Waals surface area contributed by atoms with Gasteiger partial charge < -0.3 is 4.74 Å². The van der Waals surface area contributed by atoms with Crippen LogP contribution in [0.3, 0.4) is 0 Å². The monoisotopic (exact) mass is 348 g/mol. The molecule has 138 valence electrons. The molecule has 1 fully saturated rings. The third kappa shape index (κ3) is 7.11. The molecule has 1 aromatic carbocycles. The van der Waals surface area contributed by atoms with E-state index < -0.39 is 6.11 Å². The van der Waals surface area contributed by atoms with E-state index in [4.69, 9.17) is 4.74 Å². The van der Waals surface area contributed by atoms with Crippen LogP contribution < -0.4 is 0 Å². The Kier molecular flexibility index (Phi) is 7.83. The molecular formula is C22H30F2O. The molecule has 1 nitrogen and oxygen atoms in total. The molecule has 0 atom stereocenters. The Bertz CT molecular complexity index is 540.